The summed E-state index contributed by atoms with van der Waals surface area (Å²) >= 11 is 6.06. The first-order valence-corrected chi connectivity index (χ1v) is 15.4. The number of benzene rings is 1. The van der Waals surface area contributed by atoms with Crippen molar-refractivity contribution in [3.8, 4) is 5.75 Å². The van der Waals surface area contributed by atoms with Crippen LogP contribution < -0.4 is 19.6 Å². The number of halogens is 1. The van der Waals surface area contributed by atoms with Crippen molar-refractivity contribution in [3.05, 3.63) is 95.0 Å². The maximum Gasteiger partial charge on any atom is 0.338 e. The van der Waals surface area contributed by atoms with Crippen molar-refractivity contribution in [1.29, 1.82) is 0 Å². The molecule has 0 fully saturated rings. The number of fused-ring (bicyclic) bond motifs is 1. The van der Waals surface area contributed by atoms with Crippen LogP contribution in [0.1, 0.15) is 49.7 Å². The highest BCUT2D eigenvalue weighted by atomic mass is 79.9. The molecule has 1 aromatic carbocycles. The Morgan fingerprint density at radius 3 is 2.80 bits per heavy atom. The molecule has 0 N–H and O–H groups in total. The summed E-state index contributed by atoms with van der Waals surface area (Å²) in [6.45, 7) is 5.87. The van der Waals surface area contributed by atoms with Crippen molar-refractivity contribution in [3.63, 3.8) is 0 Å². The fourth-order valence-corrected chi connectivity index (χ4v) is 6.82. The van der Waals surface area contributed by atoms with Gasteiger partial charge >= 0.3 is 5.97 Å². The molecular weight excluding hydrogens is 628 g/mol. The number of esters is 1. The van der Waals surface area contributed by atoms with Crippen molar-refractivity contribution in [2.24, 2.45) is 4.99 Å². The molecule has 4 heterocycles. The quantitative estimate of drug-likeness (QED) is 0.179. The fraction of sp³-hybridized carbons (Fsp3) is 0.276. The van der Waals surface area contributed by atoms with E-state index in [0.717, 1.165) is 12.1 Å². The van der Waals surface area contributed by atoms with Gasteiger partial charge in [-0.3, -0.25) is 9.36 Å². The Morgan fingerprint density at radius 1 is 1.27 bits per heavy atom. The number of allylic oxidation sites excluding steroid dienone is 1. The number of methoxy groups -OCH3 is 1. The first kappa shape index (κ1) is 29.0. The largest absolute Gasteiger partial charge is 0.496 e. The summed E-state index contributed by atoms with van der Waals surface area (Å²) in [7, 11) is 1.56. The van der Waals surface area contributed by atoms with Gasteiger partial charge < -0.3 is 13.9 Å². The van der Waals surface area contributed by atoms with Gasteiger partial charge in [-0.1, -0.05) is 42.9 Å². The van der Waals surface area contributed by atoms with E-state index in [4.69, 9.17) is 18.9 Å². The number of rotatable bonds is 9. The molecule has 1 atom stereocenters. The fourth-order valence-electron chi connectivity index (χ4n) is 4.50. The number of carbonyl (C=O) groups is 1. The lowest BCUT2D eigenvalue weighted by Gasteiger charge is -2.26. The van der Waals surface area contributed by atoms with Crippen LogP contribution in [0.4, 0.5) is 0 Å². The number of hydrogen-bond acceptors (Lipinski definition) is 10. The average molecular weight is 656 g/mol. The smallest absolute Gasteiger partial charge is 0.338 e. The summed E-state index contributed by atoms with van der Waals surface area (Å²) in [4.78, 5) is 41.3. The van der Waals surface area contributed by atoms with E-state index in [1.807, 2.05) is 44.2 Å². The zero-order valence-corrected chi connectivity index (χ0v) is 26.1. The number of furan rings is 1. The number of aromatic nitrogens is 3. The number of thiazole rings is 1. The van der Waals surface area contributed by atoms with E-state index >= 15 is 0 Å². The summed E-state index contributed by atoms with van der Waals surface area (Å²) in [6, 6.07) is 10.2. The van der Waals surface area contributed by atoms with Crippen LogP contribution in [0.15, 0.2) is 82.8 Å². The maximum atomic E-state index is 14.0. The molecule has 5 rings (SSSR count). The number of para-hydroxylation sites is 1. The molecule has 0 saturated carbocycles. The monoisotopic (exact) mass is 654 g/mol. The molecule has 0 saturated heterocycles. The molecule has 3 aromatic heterocycles. The van der Waals surface area contributed by atoms with Crippen molar-refractivity contribution in [2.75, 3.05) is 13.7 Å². The van der Waals surface area contributed by atoms with E-state index < -0.39 is 12.0 Å². The van der Waals surface area contributed by atoms with Gasteiger partial charge in [-0.25, -0.2) is 19.8 Å². The molecule has 41 heavy (non-hydrogen) atoms. The number of nitrogens with zero attached hydrogens (tertiary/aromatic N) is 4. The molecule has 0 amide bonds. The minimum atomic E-state index is -0.766. The predicted molar refractivity (Wildman–Crippen MR) is 160 cm³/mol. The van der Waals surface area contributed by atoms with Gasteiger partial charge in [0, 0.05) is 23.5 Å². The van der Waals surface area contributed by atoms with Crippen molar-refractivity contribution < 1.29 is 18.7 Å². The Kier molecular flexibility index (Phi) is 8.91. The Hall–Kier alpha value is -3.48. The molecule has 0 bridgehead atoms. The standard InChI is InChI=1S/C29H27BrN4O5S2/c1-5-9-20-23(26(36)38-6-2)24(18-10-7-8-11-21(18)37-4)34-25(35)22(40-29(34)33-20)15-17-14-19(30)27(39-17)41-28-31-13-12-16(3)32-28/h7-8,10-15,24H,5-6,9H2,1-4H3/b22-15+/t24-/m1/s1. The lowest BCUT2D eigenvalue weighted by Crippen LogP contribution is -2.40. The lowest BCUT2D eigenvalue weighted by atomic mass is 9.93. The molecule has 0 unspecified atom stereocenters. The van der Waals surface area contributed by atoms with E-state index in [1.165, 1.54) is 23.1 Å². The Balaban J connectivity index is 1.66. The van der Waals surface area contributed by atoms with Gasteiger partial charge in [-0.2, -0.15) is 0 Å². The van der Waals surface area contributed by atoms with Crippen molar-refractivity contribution >= 4 is 51.1 Å². The molecule has 0 aliphatic carbocycles. The molecule has 0 spiro atoms. The highest BCUT2D eigenvalue weighted by molar-refractivity contribution is 9.10. The summed E-state index contributed by atoms with van der Waals surface area (Å²) in [5.74, 6) is 0.533. The average Bonchev–Trinajstić information content (AvgIpc) is 3.45. The van der Waals surface area contributed by atoms with E-state index in [1.54, 1.807) is 36.9 Å². The third-order valence-electron chi connectivity index (χ3n) is 6.23. The third-order valence-corrected chi connectivity index (χ3v) is 8.93. The summed E-state index contributed by atoms with van der Waals surface area (Å²) in [5.41, 5.74) is 2.17. The van der Waals surface area contributed by atoms with E-state index in [-0.39, 0.29) is 12.2 Å². The third kappa shape index (κ3) is 5.95. The van der Waals surface area contributed by atoms with Crippen LogP contribution >= 0.6 is 39.0 Å². The number of carbonyl (C=O) groups excluding carboxylic acids is 1. The molecule has 9 nitrogen and oxygen atoms in total. The second-order valence-electron chi connectivity index (χ2n) is 9.02. The highest BCUT2D eigenvalue weighted by Crippen LogP contribution is 2.37. The number of hydrogen-bond donors (Lipinski definition) is 0. The van der Waals surface area contributed by atoms with Crippen LogP contribution in [-0.2, 0) is 9.53 Å². The van der Waals surface area contributed by atoms with Gasteiger partial charge in [0.15, 0.2) is 15.1 Å². The minimum Gasteiger partial charge on any atom is -0.496 e. The normalized spacial score (nSPS) is 15.0. The Bertz CT molecular complexity index is 1820. The van der Waals surface area contributed by atoms with Crippen LogP contribution in [0.25, 0.3) is 6.08 Å². The highest BCUT2D eigenvalue weighted by Gasteiger charge is 2.35. The first-order valence-electron chi connectivity index (χ1n) is 13.0. The van der Waals surface area contributed by atoms with E-state index in [9.17, 15) is 9.59 Å². The van der Waals surface area contributed by atoms with E-state index in [0.29, 0.717) is 58.8 Å². The second-order valence-corrected chi connectivity index (χ2v) is 11.8. The zero-order chi connectivity index (χ0) is 29.1. The molecular formula is C29H27BrN4O5S2. The van der Waals surface area contributed by atoms with Crippen LogP contribution in [0, 0.1) is 6.92 Å². The van der Waals surface area contributed by atoms with Crippen molar-refractivity contribution in [1.82, 2.24) is 14.5 Å². The van der Waals surface area contributed by atoms with Crippen molar-refractivity contribution in [2.45, 2.75) is 49.9 Å². The Morgan fingerprint density at radius 2 is 2.07 bits per heavy atom. The second kappa shape index (κ2) is 12.6. The van der Waals surface area contributed by atoms with Gasteiger partial charge in [0.1, 0.15) is 17.6 Å². The number of aryl methyl sites for hydroxylation is 1. The summed E-state index contributed by atoms with van der Waals surface area (Å²) in [5, 5.41) is 1.12. The van der Waals surface area contributed by atoms with E-state index in [2.05, 4.69) is 25.9 Å². The van der Waals surface area contributed by atoms with Gasteiger partial charge in [0.25, 0.3) is 5.56 Å². The molecule has 4 aromatic rings. The van der Waals surface area contributed by atoms with Gasteiger partial charge in [0.05, 0.1) is 34.0 Å². The minimum absolute atomic E-state index is 0.201. The topological polar surface area (TPSA) is 109 Å². The molecule has 1 aliphatic rings. The summed E-state index contributed by atoms with van der Waals surface area (Å²) in [6.07, 6.45) is 4.69. The van der Waals surface area contributed by atoms with Gasteiger partial charge in [-0.05, 0) is 66.2 Å². The predicted octanol–water partition coefficient (Wildman–Crippen LogP) is 5.19. The Labute approximate surface area is 252 Å². The molecule has 1 aliphatic heterocycles. The maximum absolute atomic E-state index is 14.0. The molecule has 0 radical (unpaired) electrons. The molecule has 12 heteroatoms. The first-order chi connectivity index (χ1) is 19.8. The SMILES string of the molecule is CCCC1=C(C(=O)OCC)[C@@H](c2ccccc2OC)n2c(s/c(=C/c3cc(Br)c(Sc4nccc(C)n4)o3)c2=O)=N1. The summed E-state index contributed by atoms with van der Waals surface area (Å²) < 4.78 is 19.8. The van der Waals surface area contributed by atoms with Gasteiger partial charge in [-0.15, -0.1) is 0 Å². The zero-order valence-electron chi connectivity index (χ0n) is 22.8. The van der Waals surface area contributed by atoms with Gasteiger partial charge in [0.2, 0.25) is 0 Å². The van der Waals surface area contributed by atoms with Crippen LogP contribution in [0.5, 0.6) is 5.75 Å². The number of ether oxygens (including phenoxy) is 2. The molecule has 212 valence electrons. The lowest BCUT2D eigenvalue weighted by molar-refractivity contribution is -0.139. The van der Waals surface area contributed by atoms with Crippen LogP contribution in [-0.4, -0.2) is 34.2 Å². The van der Waals surface area contributed by atoms with Crippen LogP contribution in [0.2, 0.25) is 0 Å². The van der Waals surface area contributed by atoms with Crippen LogP contribution in [0.3, 0.4) is 0 Å².